The van der Waals surface area contributed by atoms with E-state index < -0.39 is 0 Å². The maximum Gasteiger partial charge on any atom is 0.120 e. The molecule has 0 bridgehead atoms. The average Bonchev–Trinajstić information content (AvgIpc) is 2.34. The topological polar surface area (TPSA) is 21.3 Å². The van der Waals surface area contributed by atoms with Crippen LogP contribution in [0.15, 0.2) is 29.8 Å². The average molecular weight is 247 g/mol. The van der Waals surface area contributed by atoms with Gasteiger partial charge in [0.05, 0.1) is 6.10 Å². The molecule has 1 rings (SSSR count). The molecule has 0 aliphatic carbocycles. The lowest BCUT2D eigenvalue weighted by atomic mass is 10.1. The lowest BCUT2D eigenvalue weighted by molar-refractivity contribution is 0.242. The Balaban J connectivity index is 2.78. The zero-order valence-corrected chi connectivity index (χ0v) is 12.0. The first-order valence-corrected chi connectivity index (χ1v) is 6.82. The van der Waals surface area contributed by atoms with E-state index in [0.29, 0.717) is 0 Å². The Kier molecular flexibility index (Phi) is 6.51. The fourth-order valence-electron chi connectivity index (χ4n) is 1.75. The normalized spacial score (nSPS) is 11.9. The maximum atomic E-state index is 5.71. The molecule has 0 amide bonds. The molecule has 100 valence electrons. The van der Waals surface area contributed by atoms with E-state index in [4.69, 9.17) is 4.74 Å². The zero-order chi connectivity index (χ0) is 13.4. The Bertz CT molecular complexity index is 382. The molecule has 0 saturated heterocycles. The summed E-state index contributed by atoms with van der Waals surface area (Å²) in [5.74, 6) is 0.942. The highest BCUT2D eigenvalue weighted by molar-refractivity contribution is 5.55. The van der Waals surface area contributed by atoms with Crippen LogP contribution in [0.3, 0.4) is 0 Å². The molecular weight excluding hydrogens is 222 g/mol. The largest absolute Gasteiger partial charge is 0.491 e. The van der Waals surface area contributed by atoms with Crippen LogP contribution < -0.4 is 10.1 Å². The molecule has 2 nitrogen and oxygen atoms in total. The van der Waals surface area contributed by atoms with E-state index in [1.165, 1.54) is 11.1 Å². The van der Waals surface area contributed by atoms with Crippen molar-refractivity contribution in [2.45, 2.75) is 40.2 Å². The summed E-state index contributed by atoms with van der Waals surface area (Å²) in [6.07, 6.45) is 3.54. The van der Waals surface area contributed by atoms with E-state index in [1.54, 1.807) is 0 Å². The monoisotopic (exact) mass is 247 g/mol. The van der Waals surface area contributed by atoms with Gasteiger partial charge in [-0.15, -0.1) is 0 Å². The van der Waals surface area contributed by atoms with Crippen LogP contribution in [-0.4, -0.2) is 19.2 Å². The van der Waals surface area contributed by atoms with Crippen LogP contribution >= 0.6 is 0 Å². The van der Waals surface area contributed by atoms with E-state index in [2.05, 4.69) is 37.4 Å². The van der Waals surface area contributed by atoms with Crippen LogP contribution in [0.5, 0.6) is 5.75 Å². The number of benzene rings is 1. The van der Waals surface area contributed by atoms with Crippen LogP contribution in [0.2, 0.25) is 0 Å². The molecular formula is C16H25NO. The summed E-state index contributed by atoms with van der Waals surface area (Å²) in [6.45, 7) is 10.4. The minimum atomic E-state index is 0.219. The van der Waals surface area contributed by atoms with Gasteiger partial charge in [-0.3, -0.25) is 0 Å². The van der Waals surface area contributed by atoms with Crippen molar-refractivity contribution < 1.29 is 4.74 Å². The molecule has 1 aromatic carbocycles. The van der Waals surface area contributed by atoms with Gasteiger partial charge in [-0.05, 0) is 44.5 Å². The van der Waals surface area contributed by atoms with Crippen molar-refractivity contribution in [3.05, 3.63) is 35.4 Å². The first-order valence-electron chi connectivity index (χ1n) is 6.82. The summed E-state index contributed by atoms with van der Waals surface area (Å²) in [5.41, 5.74) is 2.63. The van der Waals surface area contributed by atoms with Crippen molar-refractivity contribution >= 4 is 6.08 Å². The van der Waals surface area contributed by atoms with Crippen LogP contribution in [-0.2, 0) is 0 Å². The van der Waals surface area contributed by atoms with Crippen LogP contribution in [0, 0.1) is 0 Å². The zero-order valence-electron chi connectivity index (χ0n) is 12.0. The molecule has 0 aliphatic heterocycles. The van der Waals surface area contributed by atoms with Gasteiger partial charge >= 0.3 is 0 Å². The van der Waals surface area contributed by atoms with Gasteiger partial charge in [0.15, 0.2) is 0 Å². The third kappa shape index (κ3) is 5.37. The minimum Gasteiger partial charge on any atom is -0.491 e. The van der Waals surface area contributed by atoms with Crippen molar-refractivity contribution in [1.82, 2.24) is 5.32 Å². The fraction of sp³-hybridized carbons (Fsp3) is 0.500. The molecule has 1 aromatic rings. The molecule has 0 aliphatic rings. The van der Waals surface area contributed by atoms with Crippen molar-refractivity contribution in [2.75, 3.05) is 13.1 Å². The molecule has 0 atom stereocenters. The van der Waals surface area contributed by atoms with Crippen LogP contribution in [0.1, 0.15) is 39.7 Å². The predicted molar refractivity (Wildman–Crippen MR) is 79.0 cm³/mol. The SMILES string of the molecule is CCNCC(=Cc1cccc(OC(C)C)c1)CC. The summed E-state index contributed by atoms with van der Waals surface area (Å²) >= 11 is 0. The van der Waals surface area contributed by atoms with Crippen molar-refractivity contribution in [1.29, 1.82) is 0 Å². The predicted octanol–water partition coefficient (Wildman–Crippen LogP) is 3.88. The Labute approximate surface area is 111 Å². The quantitative estimate of drug-likeness (QED) is 0.789. The standard InChI is InChI=1S/C16H25NO/c1-5-14(12-17-6-2)10-15-8-7-9-16(11-15)18-13(3)4/h7-11,13,17H,5-6,12H2,1-4H3. The molecule has 2 heteroatoms. The van der Waals surface area contributed by atoms with E-state index >= 15 is 0 Å². The van der Waals surface area contributed by atoms with Gasteiger partial charge in [-0.1, -0.05) is 37.6 Å². The molecule has 1 N–H and O–H groups in total. The van der Waals surface area contributed by atoms with Crippen LogP contribution in [0.25, 0.3) is 6.08 Å². The van der Waals surface area contributed by atoms with E-state index in [-0.39, 0.29) is 6.10 Å². The summed E-state index contributed by atoms with van der Waals surface area (Å²) < 4.78 is 5.71. The third-order valence-corrected chi connectivity index (χ3v) is 2.66. The summed E-state index contributed by atoms with van der Waals surface area (Å²) in [4.78, 5) is 0. The number of hydrogen-bond acceptors (Lipinski definition) is 2. The number of ether oxygens (including phenoxy) is 1. The van der Waals surface area contributed by atoms with Gasteiger partial charge in [0, 0.05) is 6.54 Å². The molecule has 0 radical (unpaired) electrons. The molecule has 0 heterocycles. The summed E-state index contributed by atoms with van der Waals surface area (Å²) in [5, 5.41) is 3.37. The maximum absolute atomic E-state index is 5.71. The molecule has 18 heavy (non-hydrogen) atoms. The summed E-state index contributed by atoms with van der Waals surface area (Å²) in [6, 6.07) is 8.27. The van der Waals surface area contributed by atoms with E-state index in [0.717, 1.165) is 25.3 Å². The molecule has 0 saturated carbocycles. The highest BCUT2D eigenvalue weighted by Gasteiger charge is 1.99. The van der Waals surface area contributed by atoms with Gasteiger partial charge < -0.3 is 10.1 Å². The second-order valence-electron chi connectivity index (χ2n) is 4.68. The lowest BCUT2D eigenvalue weighted by Crippen LogP contribution is -2.15. The van der Waals surface area contributed by atoms with E-state index in [9.17, 15) is 0 Å². The van der Waals surface area contributed by atoms with Crippen molar-refractivity contribution in [3.8, 4) is 5.75 Å². The molecule has 0 unspecified atom stereocenters. The highest BCUT2D eigenvalue weighted by atomic mass is 16.5. The third-order valence-electron chi connectivity index (χ3n) is 2.66. The first-order chi connectivity index (χ1) is 8.65. The molecule has 0 spiro atoms. The Morgan fingerprint density at radius 1 is 1.33 bits per heavy atom. The lowest BCUT2D eigenvalue weighted by Gasteiger charge is -2.10. The minimum absolute atomic E-state index is 0.219. The smallest absolute Gasteiger partial charge is 0.120 e. The van der Waals surface area contributed by atoms with Crippen molar-refractivity contribution in [2.24, 2.45) is 0 Å². The van der Waals surface area contributed by atoms with Gasteiger partial charge in [0.2, 0.25) is 0 Å². The van der Waals surface area contributed by atoms with Crippen molar-refractivity contribution in [3.63, 3.8) is 0 Å². The van der Waals surface area contributed by atoms with Gasteiger partial charge in [0.1, 0.15) is 5.75 Å². The number of rotatable bonds is 7. The van der Waals surface area contributed by atoms with Crippen LogP contribution in [0.4, 0.5) is 0 Å². The number of nitrogens with one attached hydrogen (secondary N) is 1. The number of likely N-dealkylation sites (N-methyl/N-ethyl adjacent to an activating group) is 1. The fourth-order valence-corrected chi connectivity index (χ4v) is 1.75. The highest BCUT2D eigenvalue weighted by Crippen LogP contribution is 2.17. The Hall–Kier alpha value is -1.28. The molecule has 0 fully saturated rings. The second-order valence-corrected chi connectivity index (χ2v) is 4.68. The second kappa shape index (κ2) is 7.93. The van der Waals surface area contributed by atoms with E-state index in [1.807, 2.05) is 26.0 Å². The van der Waals surface area contributed by atoms with Gasteiger partial charge in [-0.25, -0.2) is 0 Å². The van der Waals surface area contributed by atoms with Gasteiger partial charge in [-0.2, -0.15) is 0 Å². The number of hydrogen-bond donors (Lipinski definition) is 1. The van der Waals surface area contributed by atoms with Gasteiger partial charge in [0.25, 0.3) is 0 Å². The Morgan fingerprint density at radius 3 is 2.72 bits per heavy atom. The molecule has 0 aromatic heterocycles. The summed E-state index contributed by atoms with van der Waals surface area (Å²) in [7, 11) is 0. The first kappa shape index (κ1) is 14.8. The Morgan fingerprint density at radius 2 is 2.11 bits per heavy atom.